The molecule has 8 heteroatoms. The van der Waals surface area contributed by atoms with Gasteiger partial charge in [-0.2, -0.15) is 5.10 Å². The molecule has 0 radical (unpaired) electrons. The highest BCUT2D eigenvalue weighted by Crippen LogP contribution is 2.10. The summed E-state index contributed by atoms with van der Waals surface area (Å²) in [5.41, 5.74) is 0.175. The van der Waals surface area contributed by atoms with E-state index in [2.05, 4.69) is 20.5 Å². The smallest absolute Gasteiger partial charge is 0.357 e. The fourth-order valence-electron chi connectivity index (χ4n) is 1.32. The Bertz CT molecular complexity index is 598. The number of rotatable bonds is 4. The molecular formula is C12H11ClN4O3. The maximum Gasteiger partial charge on any atom is 0.357 e. The van der Waals surface area contributed by atoms with Gasteiger partial charge in [0.15, 0.2) is 6.10 Å². The molecule has 0 aromatic carbocycles. The fraction of sp³-hybridized carbons (Fsp3) is 0.167. The second-order valence-electron chi connectivity index (χ2n) is 3.87. The summed E-state index contributed by atoms with van der Waals surface area (Å²) in [5, 5.41) is 9.04. The van der Waals surface area contributed by atoms with Crippen molar-refractivity contribution < 1.29 is 14.3 Å². The molecule has 0 fully saturated rings. The maximum atomic E-state index is 11.8. The molecule has 0 spiro atoms. The lowest BCUT2D eigenvalue weighted by Gasteiger charge is -2.12. The van der Waals surface area contributed by atoms with Crippen LogP contribution in [0.3, 0.4) is 0 Å². The number of H-pyrrole nitrogens is 1. The molecule has 1 amide bonds. The van der Waals surface area contributed by atoms with Crippen molar-refractivity contribution in [2.75, 3.05) is 5.32 Å². The third-order valence-corrected chi connectivity index (χ3v) is 2.58. The molecule has 7 nitrogen and oxygen atoms in total. The van der Waals surface area contributed by atoms with Gasteiger partial charge in [-0.05, 0) is 25.1 Å². The Morgan fingerprint density at radius 1 is 1.40 bits per heavy atom. The molecule has 20 heavy (non-hydrogen) atoms. The normalized spacial score (nSPS) is 11.7. The van der Waals surface area contributed by atoms with Gasteiger partial charge in [0.1, 0.15) is 11.5 Å². The minimum atomic E-state index is -0.969. The SMILES string of the molecule is CC(OC(=O)c1ccn[nH]1)C(=O)Nc1ccc(Cl)cn1. The molecule has 2 aromatic rings. The molecule has 0 bridgehead atoms. The standard InChI is InChI=1S/C12H11ClN4O3/c1-7(20-12(19)9-4-5-15-17-9)11(18)16-10-3-2-8(13)6-14-10/h2-7H,1H3,(H,15,17)(H,14,16,18). The molecule has 0 aliphatic rings. The molecule has 1 atom stereocenters. The van der Waals surface area contributed by atoms with Gasteiger partial charge in [-0.3, -0.25) is 9.89 Å². The van der Waals surface area contributed by atoms with Gasteiger partial charge in [-0.1, -0.05) is 11.6 Å². The van der Waals surface area contributed by atoms with Crippen LogP contribution in [-0.4, -0.2) is 33.2 Å². The number of pyridine rings is 1. The summed E-state index contributed by atoms with van der Waals surface area (Å²) in [7, 11) is 0. The van der Waals surface area contributed by atoms with E-state index < -0.39 is 18.0 Å². The topological polar surface area (TPSA) is 97.0 Å². The number of aromatic amines is 1. The summed E-state index contributed by atoms with van der Waals surface area (Å²) in [6.45, 7) is 1.46. The predicted molar refractivity (Wildman–Crippen MR) is 71.3 cm³/mol. The first-order chi connectivity index (χ1) is 9.56. The Balaban J connectivity index is 1.92. The number of hydrogen-bond acceptors (Lipinski definition) is 5. The summed E-state index contributed by atoms with van der Waals surface area (Å²) >= 11 is 5.68. The van der Waals surface area contributed by atoms with Gasteiger partial charge >= 0.3 is 5.97 Å². The van der Waals surface area contributed by atoms with Crippen LogP contribution >= 0.6 is 11.6 Å². The lowest BCUT2D eigenvalue weighted by molar-refractivity contribution is -0.123. The van der Waals surface area contributed by atoms with Gasteiger partial charge in [0.2, 0.25) is 0 Å². The van der Waals surface area contributed by atoms with Crippen LogP contribution in [0.1, 0.15) is 17.4 Å². The molecule has 0 saturated heterocycles. The number of nitrogens with zero attached hydrogens (tertiary/aromatic N) is 2. The Morgan fingerprint density at radius 3 is 2.80 bits per heavy atom. The second-order valence-corrected chi connectivity index (χ2v) is 4.31. The highest BCUT2D eigenvalue weighted by molar-refractivity contribution is 6.30. The van der Waals surface area contributed by atoms with E-state index in [-0.39, 0.29) is 5.69 Å². The first-order valence-corrected chi connectivity index (χ1v) is 6.07. The number of halogens is 1. The van der Waals surface area contributed by atoms with Crippen LogP contribution < -0.4 is 5.32 Å². The van der Waals surface area contributed by atoms with E-state index in [4.69, 9.17) is 16.3 Å². The Labute approximate surface area is 119 Å². The zero-order valence-corrected chi connectivity index (χ0v) is 11.2. The summed E-state index contributed by atoms with van der Waals surface area (Å²) in [5.74, 6) is -0.828. The number of hydrogen-bond donors (Lipinski definition) is 2. The van der Waals surface area contributed by atoms with Gasteiger partial charge in [0.25, 0.3) is 5.91 Å². The van der Waals surface area contributed by atoms with Crippen molar-refractivity contribution in [3.63, 3.8) is 0 Å². The number of aromatic nitrogens is 3. The predicted octanol–water partition coefficient (Wildman–Crippen LogP) is 1.64. The number of ether oxygens (including phenoxy) is 1. The molecular weight excluding hydrogens is 284 g/mol. The molecule has 2 heterocycles. The summed E-state index contributed by atoms with van der Waals surface area (Å²) < 4.78 is 4.98. The van der Waals surface area contributed by atoms with Gasteiger partial charge in [0, 0.05) is 12.4 Å². The minimum Gasteiger partial charge on any atom is -0.448 e. The van der Waals surface area contributed by atoms with Crippen molar-refractivity contribution >= 4 is 29.3 Å². The van der Waals surface area contributed by atoms with Gasteiger partial charge in [0.05, 0.1) is 5.02 Å². The van der Waals surface area contributed by atoms with E-state index in [0.29, 0.717) is 10.8 Å². The summed E-state index contributed by atoms with van der Waals surface area (Å²) in [6.07, 6.45) is 1.85. The van der Waals surface area contributed by atoms with E-state index in [9.17, 15) is 9.59 Å². The van der Waals surface area contributed by atoms with Crippen LogP contribution in [0.2, 0.25) is 5.02 Å². The molecule has 2 rings (SSSR count). The second kappa shape index (κ2) is 6.16. The highest BCUT2D eigenvalue weighted by atomic mass is 35.5. The zero-order chi connectivity index (χ0) is 14.5. The van der Waals surface area contributed by atoms with E-state index in [1.54, 1.807) is 12.1 Å². The van der Waals surface area contributed by atoms with Crippen LogP contribution in [0, 0.1) is 0 Å². The molecule has 2 aromatic heterocycles. The van der Waals surface area contributed by atoms with E-state index in [0.717, 1.165) is 0 Å². The van der Waals surface area contributed by atoms with E-state index in [1.165, 1.54) is 25.4 Å². The van der Waals surface area contributed by atoms with E-state index in [1.807, 2.05) is 0 Å². The number of carbonyl (C=O) groups excluding carboxylic acids is 2. The quantitative estimate of drug-likeness (QED) is 0.836. The van der Waals surface area contributed by atoms with Crippen LogP contribution in [-0.2, 0) is 9.53 Å². The number of nitrogens with one attached hydrogen (secondary N) is 2. The third-order valence-electron chi connectivity index (χ3n) is 2.35. The van der Waals surface area contributed by atoms with Crippen molar-refractivity contribution in [2.24, 2.45) is 0 Å². The molecule has 0 aliphatic heterocycles. The van der Waals surface area contributed by atoms with Crippen molar-refractivity contribution in [3.05, 3.63) is 41.3 Å². The summed E-state index contributed by atoms with van der Waals surface area (Å²) in [4.78, 5) is 27.3. The van der Waals surface area contributed by atoms with Crippen molar-refractivity contribution in [3.8, 4) is 0 Å². The number of amides is 1. The number of anilines is 1. The lowest BCUT2D eigenvalue weighted by Crippen LogP contribution is -2.30. The Kier molecular flexibility index (Phi) is 4.31. The first kappa shape index (κ1) is 14.0. The molecule has 0 aliphatic carbocycles. The number of esters is 1. The van der Waals surface area contributed by atoms with Crippen LogP contribution in [0.15, 0.2) is 30.6 Å². The van der Waals surface area contributed by atoms with Crippen molar-refractivity contribution in [2.45, 2.75) is 13.0 Å². The van der Waals surface area contributed by atoms with Crippen LogP contribution in [0.4, 0.5) is 5.82 Å². The monoisotopic (exact) mass is 294 g/mol. The Morgan fingerprint density at radius 2 is 2.20 bits per heavy atom. The fourth-order valence-corrected chi connectivity index (χ4v) is 1.44. The number of carbonyl (C=O) groups is 2. The summed E-state index contributed by atoms with van der Waals surface area (Å²) in [6, 6.07) is 4.59. The molecule has 2 N–H and O–H groups in total. The third kappa shape index (κ3) is 3.55. The van der Waals surface area contributed by atoms with Gasteiger partial charge in [-0.15, -0.1) is 0 Å². The largest absolute Gasteiger partial charge is 0.448 e. The van der Waals surface area contributed by atoms with Crippen molar-refractivity contribution in [1.29, 1.82) is 0 Å². The van der Waals surface area contributed by atoms with Crippen LogP contribution in [0.25, 0.3) is 0 Å². The first-order valence-electron chi connectivity index (χ1n) is 5.69. The van der Waals surface area contributed by atoms with Crippen LogP contribution in [0.5, 0.6) is 0 Å². The molecule has 0 saturated carbocycles. The van der Waals surface area contributed by atoms with E-state index >= 15 is 0 Å². The average Bonchev–Trinajstić information content (AvgIpc) is 2.95. The maximum absolute atomic E-state index is 11.8. The average molecular weight is 295 g/mol. The van der Waals surface area contributed by atoms with Crippen molar-refractivity contribution in [1.82, 2.24) is 15.2 Å². The van der Waals surface area contributed by atoms with Gasteiger partial charge < -0.3 is 10.1 Å². The molecule has 104 valence electrons. The highest BCUT2D eigenvalue weighted by Gasteiger charge is 2.19. The zero-order valence-electron chi connectivity index (χ0n) is 10.5. The Hall–Kier alpha value is -2.41. The molecule has 1 unspecified atom stereocenters. The lowest BCUT2D eigenvalue weighted by atomic mass is 10.3. The van der Waals surface area contributed by atoms with Gasteiger partial charge in [-0.25, -0.2) is 9.78 Å². The minimum absolute atomic E-state index is 0.175.